The van der Waals surface area contributed by atoms with Gasteiger partial charge in [-0.3, -0.25) is 4.79 Å². The predicted octanol–water partition coefficient (Wildman–Crippen LogP) is 1.79. The fourth-order valence-corrected chi connectivity index (χ4v) is 1.69. The van der Waals surface area contributed by atoms with E-state index in [-0.39, 0.29) is 5.91 Å². The zero-order valence-corrected chi connectivity index (χ0v) is 12.8. The Labute approximate surface area is 127 Å². The van der Waals surface area contributed by atoms with E-state index in [1.807, 2.05) is 12.1 Å². The second-order valence-corrected chi connectivity index (χ2v) is 5.16. The number of hydrogen-bond donors (Lipinski definition) is 2. The summed E-state index contributed by atoms with van der Waals surface area (Å²) in [4.78, 5) is 12.0. The number of nitrogens with one attached hydrogen (secondary N) is 1. The van der Waals surface area contributed by atoms with Crippen molar-refractivity contribution in [3.63, 3.8) is 0 Å². The van der Waals surface area contributed by atoms with Gasteiger partial charge in [0, 0.05) is 30.9 Å². The van der Waals surface area contributed by atoms with E-state index in [0.29, 0.717) is 31.2 Å². The molecule has 1 aromatic rings. The molecule has 1 rings (SSSR count). The molecule has 0 aromatic heterocycles. The molecule has 21 heavy (non-hydrogen) atoms. The molecule has 0 aliphatic rings. The molecule has 4 nitrogen and oxygen atoms in total. The number of benzene rings is 1. The minimum absolute atomic E-state index is 0.0877. The molecule has 114 valence electrons. The smallest absolute Gasteiger partial charge is 0.251 e. The van der Waals surface area contributed by atoms with Crippen molar-refractivity contribution in [3.05, 3.63) is 35.4 Å². The van der Waals surface area contributed by atoms with E-state index >= 15 is 0 Å². The van der Waals surface area contributed by atoms with Crippen molar-refractivity contribution < 1.29 is 9.53 Å². The highest BCUT2D eigenvalue weighted by Gasteiger charge is 2.04. The van der Waals surface area contributed by atoms with Crippen LogP contribution in [0.5, 0.6) is 0 Å². The molecule has 4 heteroatoms. The summed E-state index contributed by atoms with van der Waals surface area (Å²) in [6.07, 6.45) is 0.811. The molecule has 0 saturated carbocycles. The minimum atomic E-state index is -0.0877. The van der Waals surface area contributed by atoms with Crippen molar-refractivity contribution in [2.24, 2.45) is 11.7 Å². The van der Waals surface area contributed by atoms with E-state index in [0.717, 1.165) is 18.6 Å². The van der Waals surface area contributed by atoms with Crippen LogP contribution in [0.25, 0.3) is 0 Å². The van der Waals surface area contributed by atoms with Crippen molar-refractivity contribution in [2.45, 2.75) is 20.3 Å². The normalized spacial score (nSPS) is 10.1. The summed E-state index contributed by atoms with van der Waals surface area (Å²) in [6, 6.07) is 7.23. The Kier molecular flexibility index (Phi) is 8.18. The maximum absolute atomic E-state index is 12.0. The molecule has 0 heterocycles. The van der Waals surface area contributed by atoms with E-state index in [2.05, 4.69) is 31.0 Å². The third-order valence-corrected chi connectivity index (χ3v) is 2.66. The maximum Gasteiger partial charge on any atom is 0.251 e. The Hall–Kier alpha value is -1.83. The number of amides is 1. The van der Waals surface area contributed by atoms with Gasteiger partial charge in [-0.15, -0.1) is 0 Å². The molecule has 0 bridgehead atoms. The summed E-state index contributed by atoms with van der Waals surface area (Å²) in [5.41, 5.74) is 6.75. The molecule has 1 amide bonds. The number of carbonyl (C=O) groups is 1. The lowest BCUT2D eigenvalue weighted by atomic mass is 10.1. The summed E-state index contributed by atoms with van der Waals surface area (Å²) in [6.45, 7) is 6.57. The van der Waals surface area contributed by atoms with Gasteiger partial charge < -0.3 is 15.8 Å². The van der Waals surface area contributed by atoms with Gasteiger partial charge in [0.2, 0.25) is 0 Å². The zero-order chi connectivity index (χ0) is 15.5. The zero-order valence-electron chi connectivity index (χ0n) is 12.8. The molecule has 1 aromatic carbocycles. The number of ether oxygens (including phenoxy) is 1. The van der Waals surface area contributed by atoms with Crippen molar-refractivity contribution in [2.75, 3.05) is 26.3 Å². The summed E-state index contributed by atoms with van der Waals surface area (Å²) in [5.74, 6) is 6.15. The first-order chi connectivity index (χ1) is 10.1. The van der Waals surface area contributed by atoms with Crippen LogP contribution in [-0.2, 0) is 4.74 Å². The fraction of sp³-hybridized carbons (Fsp3) is 0.471. The van der Waals surface area contributed by atoms with Gasteiger partial charge in [0.1, 0.15) is 0 Å². The summed E-state index contributed by atoms with van der Waals surface area (Å²) < 4.78 is 5.46. The summed E-state index contributed by atoms with van der Waals surface area (Å²) in [7, 11) is 0. The van der Waals surface area contributed by atoms with Crippen LogP contribution in [0, 0.1) is 17.8 Å². The van der Waals surface area contributed by atoms with Crippen LogP contribution < -0.4 is 11.1 Å². The van der Waals surface area contributed by atoms with Crippen LogP contribution in [0.3, 0.4) is 0 Å². The van der Waals surface area contributed by atoms with Gasteiger partial charge in [-0.1, -0.05) is 31.8 Å². The van der Waals surface area contributed by atoms with Gasteiger partial charge in [0.15, 0.2) is 0 Å². The number of carbonyl (C=O) groups excluding carboxylic acids is 1. The topological polar surface area (TPSA) is 64.3 Å². The van der Waals surface area contributed by atoms with Gasteiger partial charge in [-0.2, -0.15) is 0 Å². The molecule has 0 aliphatic carbocycles. The third-order valence-electron chi connectivity index (χ3n) is 2.66. The Bertz CT molecular complexity index is 501. The Morgan fingerprint density at radius 3 is 2.95 bits per heavy atom. The van der Waals surface area contributed by atoms with Gasteiger partial charge in [-0.05, 0) is 30.5 Å². The van der Waals surface area contributed by atoms with E-state index in [1.54, 1.807) is 12.1 Å². The average molecular weight is 288 g/mol. The van der Waals surface area contributed by atoms with Crippen LogP contribution in [0.2, 0.25) is 0 Å². The molecule has 0 fully saturated rings. The third kappa shape index (κ3) is 7.50. The van der Waals surface area contributed by atoms with E-state index in [4.69, 9.17) is 10.5 Å². The van der Waals surface area contributed by atoms with Crippen molar-refractivity contribution >= 4 is 5.91 Å². The first-order valence-corrected chi connectivity index (χ1v) is 7.28. The Morgan fingerprint density at radius 1 is 1.43 bits per heavy atom. The quantitative estimate of drug-likeness (QED) is 0.594. The molecule has 0 radical (unpaired) electrons. The molecule has 0 unspecified atom stereocenters. The van der Waals surface area contributed by atoms with Crippen LogP contribution in [0.4, 0.5) is 0 Å². The molecular formula is C17H24N2O2. The van der Waals surface area contributed by atoms with Crippen molar-refractivity contribution in [1.82, 2.24) is 5.32 Å². The van der Waals surface area contributed by atoms with Gasteiger partial charge in [0.25, 0.3) is 5.91 Å². The fourth-order valence-electron chi connectivity index (χ4n) is 1.69. The van der Waals surface area contributed by atoms with Crippen molar-refractivity contribution in [1.29, 1.82) is 0 Å². The van der Waals surface area contributed by atoms with Gasteiger partial charge in [0.05, 0.1) is 6.54 Å². The molecule has 0 aliphatic heterocycles. The van der Waals surface area contributed by atoms with E-state index < -0.39 is 0 Å². The first kappa shape index (κ1) is 17.2. The van der Waals surface area contributed by atoms with Crippen molar-refractivity contribution in [3.8, 4) is 11.8 Å². The second-order valence-electron chi connectivity index (χ2n) is 5.16. The van der Waals surface area contributed by atoms with E-state index in [1.165, 1.54) is 0 Å². The Morgan fingerprint density at radius 2 is 2.24 bits per heavy atom. The monoisotopic (exact) mass is 288 g/mol. The number of nitrogens with two attached hydrogens (primary N) is 1. The van der Waals surface area contributed by atoms with Crippen LogP contribution in [0.15, 0.2) is 24.3 Å². The molecule has 0 saturated heterocycles. The van der Waals surface area contributed by atoms with Gasteiger partial charge >= 0.3 is 0 Å². The SMILES string of the molecule is CC(C)COCCCNC(=O)c1cccc(C#CCN)c1. The second kappa shape index (κ2) is 9.98. The molecule has 3 N–H and O–H groups in total. The van der Waals surface area contributed by atoms with Crippen LogP contribution in [-0.4, -0.2) is 32.2 Å². The van der Waals surface area contributed by atoms with Crippen LogP contribution in [0.1, 0.15) is 36.2 Å². The lowest BCUT2D eigenvalue weighted by Gasteiger charge is -2.08. The standard InChI is InChI=1S/C17H24N2O2/c1-14(2)13-21-11-5-10-19-17(20)16-8-3-6-15(12-16)7-4-9-18/h3,6,8,12,14H,5,9-11,13,18H2,1-2H3,(H,19,20). The molecule has 0 spiro atoms. The first-order valence-electron chi connectivity index (χ1n) is 7.28. The lowest BCUT2D eigenvalue weighted by Crippen LogP contribution is -2.25. The van der Waals surface area contributed by atoms with E-state index in [9.17, 15) is 4.79 Å². The van der Waals surface area contributed by atoms with Crippen LogP contribution >= 0.6 is 0 Å². The average Bonchev–Trinajstić information content (AvgIpc) is 2.48. The molecular weight excluding hydrogens is 264 g/mol. The number of rotatable bonds is 7. The highest BCUT2D eigenvalue weighted by Crippen LogP contribution is 2.04. The predicted molar refractivity (Wildman–Crippen MR) is 85.0 cm³/mol. The highest BCUT2D eigenvalue weighted by molar-refractivity contribution is 5.94. The van der Waals surface area contributed by atoms with Gasteiger partial charge in [-0.25, -0.2) is 0 Å². The summed E-state index contributed by atoms with van der Waals surface area (Å²) >= 11 is 0. The largest absolute Gasteiger partial charge is 0.381 e. The maximum atomic E-state index is 12.0. The highest BCUT2D eigenvalue weighted by atomic mass is 16.5. The summed E-state index contributed by atoms with van der Waals surface area (Å²) in [5, 5.41) is 2.88. The lowest BCUT2D eigenvalue weighted by molar-refractivity contribution is 0.0925. The Balaban J connectivity index is 2.35. The molecule has 0 atom stereocenters. The number of hydrogen-bond acceptors (Lipinski definition) is 3. The minimum Gasteiger partial charge on any atom is -0.381 e.